The number of nitrogens with two attached hydrogens (primary N) is 1. The first-order valence-electron chi connectivity index (χ1n) is 10.7. The lowest BCUT2D eigenvalue weighted by molar-refractivity contribution is 0.104. The number of piperazine rings is 1. The Kier molecular flexibility index (Phi) is 7.16. The fourth-order valence-electron chi connectivity index (χ4n) is 3.73. The van der Waals surface area contributed by atoms with Gasteiger partial charge in [-0.05, 0) is 36.4 Å². The van der Waals surface area contributed by atoms with E-state index in [1.165, 1.54) is 11.3 Å². The van der Waals surface area contributed by atoms with Crippen LogP contribution in [0.2, 0.25) is 0 Å². The van der Waals surface area contributed by atoms with Gasteiger partial charge in [0.1, 0.15) is 16.4 Å². The number of thiazole rings is 1. The van der Waals surface area contributed by atoms with Crippen LogP contribution in [0.5, 0.6) is 5.75 Å². The predicted octanol–water partition coefficient (Wildman–Crippen LogP) is 3.60. The third-order valence-electron chi connectivity index (χ3n) is 5.56. The molecule has 4 rings (SSSR count). The maximum absolute atomic E-state index is 12.9. The molecule has 1 fully saturated rings. The first-order valence-corrected chi connectivity index (χ1v) is 11.5. The average molecular weight is 467 g/mol. The van der Waals surface area contributed by atoms with E-state index >= 15 is 0 Å². The summed E-state index contributed by atoms with van der Waals surface area (Å²) in [6.45, 7) is 4.71. The maximum Gasteiger partial charge on any atom is 0.206 e. The molecule has 1 aliphatic heterocycles. The van der Waals surface area contributed by atoms with Crippen LogP contribution in [0.4, 0.5) is 22.3 Å². The molecule has 9 nitrogen and oxygen atoms in total. The Balaban J connectivity index is 1.39. The SMILES string of the molecule is COc1cccc(C(=O)c2sc(Nc3ccc(N4CCN(CCN=O)CC4)cc3)nc2N)c1. The van der Waals surface area contributed by atoms with Gasteiger partial charge in [0.05, 0.1) is 13.7 Å². The monoisotopic (exact) mass is 466 g/mol. The van der Waals surface area contributed by atoms with Crippen molar-refractivity contribution in [3.8, 4) is 5.75 Å². The first kappa shape index (κ1) is 22.7. The number of aromatic nitrogens is 1. The average Bonchev–Trinajstić information content (AvgIpc) is 3.22. The van der Waals surface area contributed by atoms with Crippen molar-refractivity contribution in [2.45, 2.75) is 0 Å². The fraction of sp³-hybridized carbons (Fsp3) is 0.304. The van der Waals surface area contributed by atoms with Crippen LogP contribution in [0.1, 0.15) is 15.2 Å². The zero-order chi connectivity index (χ0) is 23.2. The van der Waals surface area contributed by atoms with Crippen LogP contribution >= 0.6 is 11.3 Å². The molecule has 1 saturated heterocycles. The minimum absolute atomic E-state index is 0.185. The number of carbonyl (C=O) groups excluding carboxylic acids is 1. The summed E-state index contributed by atoms with van der Waals surface area (Å²) in [7, 11) is 1.56. The fourth-order valence-corrected chi connectivity index (χ4v) is 4.60. The number of nitroso groups, excluding NO2 is 1. The lowest BCUT2D eigenvalue weighted by Gasteiger charge is -2.35. The molecule has 0 saturated carbocycles. The van der Waals surface area contributed by atoms with Crippen molar-refractivity contribution in [2.75, 3.05) is 62.3 Å². The van der Waals surface area contributed by atoms with Gasteiger partial charge in [-0.1, -0.05) is 28.6 Å². The number of nitrogens with one attached hydrogen (secondary N) is 1. The summed E-state index contributed by atoms with van der Waals surface area (Å²) >= 11 is 1.23. The first-order chi connectivity index (χ1) is 16.1. The molecular weight excluding hydrogens is 440 g/mol. The number of methoxy groups -OCH3 is 1. The summed E-state index contributed by atoms with van der Waals surface area (Å²) in [6.07, 6.45) is 0. The molecular formula is C23H26N6O3S. The largest absolute Gasteiger partial charge is 0.497 e. The Morgan fingerprint density at radius 1 is 1.18 bits per heavy atom. The van der Waals surface area contributed by atoms with Gasteiger partial charge < -0.3 is 20.7 Å². The number of ether oxygens (including phenoxy) is 1. The molecule has 3 N–H and O–H groups in total. The standard InChI is InChI=1S/C23H26N6O3S/c1-32-19-4-2-3-16(15-19)20(30)21-22(24)27-23(33-21)26-17-5-7-18(8-6-17)29-13-11-28(12-14-29)10-9-25-31/h2-8,15H,9-14,24H2,1H3,(H,26,27). The van der Waals surface area contributed by atoms with Gasteiger partial charge in [-0.2, -0.15) is 4.91 Å². The minimum atomic E-state index is -0.185. The molecule has 2 heterocycles. The van der Waals surface area contributed by atoms with Gasteiger partial charge in [-0.3, -0.25) is 9.69 Å². The summed E-state index contributed by atoms with van der Waals surface area (Å²) in [5.41, 5.74) is 8.55. The van der Waals surface area contributed by atoms with E-state index in [0.717, 1.165) is 44.1 Å². The van der Waals surface area contributed by atoms with E-state index in [1.807, 2.05) is 12.1 Å². The smallest absolute Gasteiger partial charge is 0.206 e. The van der Waals surface area contributed by atoms with Crippen molar-refractivity contribution in [1.29, 1.82) is 0 Å². The van der Waals surface area contributed by atoms with Gasteiger partial charge in [0.25, 0.3) is 0 Å². The normalized spacial score (nSPS) is 14.2. The molecule has 0 amide bonds. The molecule has 0 aliphatic carbocycles. The van der Waals surface area contributed by atoms with Crippen molar-refractivity contribution >= 4 is 39.4 Å². The molecule has 0 unspecified atom stereocenters. The highest BCUT2D eigenvalue weighted by molar-refractivity contribution is 7.18. The number of rotatable bonds is 9. The van der Waals surface area contributed by atoms with E-state index in [4.69, 9.17) is 10.5 Å². The van der Waals surface area contributed by atoms with E-state index in [-0.39, 0.29) is 11.6 Å². The molecule has 172 valence electrons. The Hall–Kier alpha value is -3.50. The van der Waals surface area contributed by atoms with Crippen molar-refractivity contribution < 1.29 is 9.53 Å². The van der Waals surface area contributed by atoms with Crippen LogP contribution in [0, 0.1) is 4.91 Å². The zero-order valence-corrected chi connectivity index (χ0v) is 19.2. The minimum Gasteiger partial charge on any atom is -0.497 e. The van der Waals surface area contributed by atoms with E-state index in [1.54, 1.807) is 31.4 Å². The number of anilines is 4. The number of hydrogen-bond acceptors (Lipinski definition) is 10. The van der Waals surface area contributed by atoms with E-state index < -0.39 is 0 Å². The molecule has 33 heavy (non-hydrogen) atoms. The van der Waals surface area contributed by atoms with Crippen LogP contribution in [-0.4, -0.2) is 62.0 Å². The number of nitrogen functional groups attached to an aromatic ring is 1. The van der Waals surface area contributed by atoms with Gasteiger partial charge in [0, 0.05) is 49.7 Å². The van der Waals surface area contributed by atoms with Crippen molar-refractivity contribution in [3.05, 3.63) is 63.9 Å². The zero-order valence-electron chi connectivity index (χ0n) is 18.4. The topological polar surface area (TPSA) is 113 Å². The summed E-state index contributed by atoms with van der Waals surface area (Å²) in [5.74, 6) is 0.631. The van der Waals surface area contributed by atoms with Crippen LogP contribution in [0.15, 0.2) is 53.7 Å². The Morgan fingerprint density at radius 2 is 1.94 bits per heavy atom. The van der Waals surface area contributed by atoms with Gasteiger partial charge in [0.15, 0.2) is 5.13 Å². The molecule has 10 heteroatoms. The Morgan fingerprint density at radius 3 is 2.64 bits per heavy atom. The molecule has 0 atom stereocenters. The number of carbonyl (C=O) groups is 1. The number of ketones is 1. The van der Waals surface area contributed by atoms with E-state index in [9.17, 15) is 9.70 Å². The van der Waals surface area contributed by atoms with Crippen LogP contribution in [0.25, 0.3) is 0 Å². The van der Waals surface area contributed by atoms with E-state index in [0.29, 0.717) is 27.9 Å². The third-order valence-corrected chi connectivity index (χ3v) is 6.54. The lowest BCUT2D eigenvalue weighted by atomic mass is 10.1. The molecule has 0 radical (unpaired) electrons. The highest BCUT2D eigenvalue weighted by atomic mass is 32.1. The van der Waals surface area contributed by atoms with Crippen LogP contribution in [0.3, 0.4) is 0 Å². The van der Waals surface area contributed by atoms with Gasteiger partial charge in [0.2, 0.25) is 5.78 Å². The van der Waals surface area contributed by atoms with Gasteiger partial charge >= 0.3 is 0 Å². The Labute approximate surface area is 196 Å². The number of benzene rings is 2. The summed E-state index contributed by atoms with van der Waals surface area (Å²) in [6, 6.07) is 15.1. The molecule has 0 spiro atoms. The second-order valence-electron chi connectivity index (χ2n) is 7.65. The van der Waals surface area contributed by atoms with Crippen molar-refractivity contribution in [3.63, 3.8) is 0 Å². The maximum atomic E-state index is 12.9. The summed E-state index contributed by atoms with van der Waals surface area (Å²) in [4.78, 5) is 32.5. The quantitative estimate of drug-likeness (QED) is 0.363. The van der Waals surface area contributed by atoms with Crippen LogP contribution < -0.4 is 20.7 Å². The van der Waals surface area contributed by atoms with Crippen LogP contribution in [-0.2, 0) is 0 Å². The van der Waals surface area contributed by atoms with Crippen molar-refractivity contribution in [2.24, 2.45) is 5.18 Å². The second kappa shape index (κ2) is 10.4. The highest BCUT2D eigenvalue weighted by Gasteiger charge is 2.19. The molecule has 2 aromatic carbocycles. The third kappa shape index (κ3) is 5.47. The highest BCUT2D eigenvalue weighted by Crippen LogP contribution is 2.31. The molecule has 0 bridgehead atoms. The predicted molar refractivity (Wildman–Crippen MR) is 132 cm³/mol. The molecule has 3 aromatic rings. The number of nitrogens with zero attached hydrogens (tertiary/aromatic N) is 4. The summed E-state index contributed by atoms with van der Waals surface area (Å²) < 4.78 is 5.20. The molecule has 1 aromatic heterocycles. The lowest BCUT2D eigenvalue weighted by Crippen LogP contribution is -2.47. The Bertz CT molecular complexity index is 1110. The van der Waals surface area contributed by atoms with Gasteiger partial charge in [-0.25, -0.2) is 4.98 Å². The number of hydrogen-bond donors (Lipinski definition) is 2. The second-order valence-corrected chi connectivity index (χ2v) is 8.65. The summed E-state index contributed by atoms with van der Waals surface area (Å²) in [5, 5.41) is 6.74. The van der Waals surface area contributed by atoms with E-state index in [2.05, 4.69) is 37.4 Å². The molecule has 1 aliphatic rings. The van der Waals surface area contributed by atoms with Gasteiger partial charge in [-0.15, -0.1) is 0 Å². The van der Waals surface area contributed by atoms with Crippen molar-refractivity contribution in [1.82, 2.24) is 9.88 Å².